The largest absolute Gasteiger partial charge is 0.479 e. The van der Waals surface area contributed by atoms with Crippen LogP contribution < -0.4 is 10.6 Å². The molecule has 8 heteroatoms. The number of aliphatic carboxylic acids is 1. The topological polar surface area (TPSA) is 116 Å². The maximum atomic E-state index is 12.5. The van der Waals surface area contributed by atoms with E-state index >= 15 is 0 Å². The fourth-order valence-corrected chi connectivity index (χ4v) is 2.83. The van der Waals surface area contributed by atoms with Gasteiger partial charge in [-0.3, -0.25) is 14.5 Å². The number of nitrogens with one attached hydrogen (secondary N) is 2. The molecule has 1 aromatic rings. The summed E-state index contributed by atoms with van der Waals surface area (Å²) >= 11 is 0. The summed E-state index contributed by atoms with van der Waals surface area (Å²) in [4.78, 5) is 49.0. The lowest BCUT2D eigenvalue weighted by Gasteiger charge is -2.23. The summed E-state index contributed by atoms with van der Waals surface area (Å²) in [6.45, 7) is 3.03. The molecule has 2 rings (SSSR count). The van der Waals surface area contributed by atoms with Gasteiger partial charge in [0.1, 0.15) is 12.1 Å². The molecule has 0 aliphatic carbocycles. The first-order valence-corrected chi connectivity index (χ1v) is 8.06. The van der Waals surface area contributed by atoms with Gasteiger partial charge in [-0.25, -0.2) is 9.59 Å². The Bertz CT molecular complexity index is 685. The molecule has 4 amide bonds. The highest BCUT2D eigenvalue weighted by Gasteiger charge is 2.49. The molecule has 0 radical (unpaired) electrons. The summed E-state index contributed by atoms with van der Waals surface area (Å²) in [6, 6.07) is 6.30. The smallest absolute Gasteiger partial charge is 0.330 e. The fourth-order valence-electron chi connectivity index (χ4n) is 2.83. The first-order valence-electron chi connectivity index (χ1n) is 8.06. The molecular weight excluding hydrogens is 326 g/mol. The number of carbonyl (C=O) groups excluding carboxylic acids is 3. The summed E-state index contributed by atoms with van der Waals surface area (Å²) in [6.07, 6.45) is 0.821. The number of imide groups is 1. The number of carboxylic acid groups (broad SMARTS) is 1. The number of carbonyl (C=O) groups is 4. The first kappa shape index (κ1) is 18.4. The van der Waals surface area contributed by atoms with Crippen molar-refractivity contribution in [3.63, 3.8) is 0 Å². The van der Waals surface area contributed by atoms with Crippen molar-refractivity contribution in [2.45, 2.75) is 38.3 Å². The zero-order chi connectivity index (χ0) is 18.6. The Morgan fingerprint density at radius 1 is 1.20 bits per heavy atom. The summed E-state index contributed by atoms with van der Waals surface area (Å²) in [5, 5.41) is 14.3. The van der Waals surface area contributed by atoms with Gasteiger partial charge in [0.25, 0.3) is 5.91 Å². The quantitative estimate of drug-likeness (QED) is 0.637. The van der Waals surface area contributed by atoms with Gasteiger partial charge in [0, 0.05) is 0 Å². The van der Waals surface area contributed by atoms with E-state index in [1.807, 2.05) is 0 Å². The minimum atomic E-state index is -1.25. The third-order valence-electron chi connectivity index (χ3n) is 4.44. The van der Waals surface area contributed by atoms with Gasteiger partial charge in [0.2, 0.25) is 5.91 Å². The SMILES string of the molecule is CCC1(CC)NC(=O)N(CC(=O)N[C@@H](C(=O)O)c2ccccc2)C1=O. The minimum Gasteiger partial charge on any atom is -0.479 e. The number of urea groups is 1. The normalized spacial score (nSPS) is 17.1. The Labute approximate surface area is 145 Å². The predicted molar refractivity (Wildman–Crippen MR) is 88.5 cm³/mol. The molecule has 0 aromatic heterocycles. The van der Waals surface area contributed by atoms with Crippen molar-refractivity contribution in [1.29, 1.82) is 0 Å². The van der Waals surface area contributed by atoms with Crippen LogP contribution in [-0.4, -0.2) is 45.9 Å². The first-order chi connectivity index (χ1) is 11.8. The van der Waals surface area contributed by atoms with Gasteiger partial charge in [-0.15, -0.1) is 0 Å². The summed E-state index contributed by atoms with van der Waals surface area (Å²) < 4.78 is 0. The summed E-state index contributed by atoms with van der Waals surface area (Å²) in [5.41, 5.74) is -0.597. The summed E-state index contributed by atoms with van der Waals surface area (Å²) in [5.74, 6) is -2.42. The molecule has 134 valence electrons. The lowest BCUT2D eigenvalue weighted by Crippen LogP contribution is -2.47. The zero-order valence-corrected chi connectivity index (χ0v) is 14.1. The van der Waals surface area contributed by atoms with Crippen LogP contribution in [0.5, 0.6) is 0 Å². The standard InChI is InChI=1S/C17H21N3O5/c1-3-17(4-2)15(24)20(16(25)19-17)10-12(21)18-13(14(22)23)11-8-6-5-7-9-11/h5-9,13H,3-4,10H2,1-2H3,(H,18,21)(H,19,25)(H,22,23)/t13-/m1/s1. The predicted octanol–water partition coefficient (Wildman–Crippen LogP) is 1.04. The molecule has 3 N–H and O–H groups in total. The third kappa shape index (κ3) is 3.62. The van der Waals surface area contributed by atoms with E-state index in [9.17, 15) is 24.3 Å². The maximum Gasteiger partial charge on any atom is 0.330 e. The second kappa shape index (κ2) is 7.33. The molecule has 0 spiro atoms. The minimum absolute atomic E-state index is 0.400. The molecule has 1 fully saturated rings. The van der Waals surface area contributed by atoms with Crippen LogP contribution >= 0.6 is 0 Å². The van der Waals surface area contributed by atoms with Crippen LogP contribution in [0, 0.1) is 0 Å². The van der Waals surface area contributed by atoms with E-state index in [4.69, 9.17) is 0 Å². The molecule has 8 nitrogen and oxygen atoms in total. The molecule has 0 saturated carbocycles. The van der Waals surface area contributed by atoms with Gasteiger partial charge >= 0.3 is 12.0 Å². The molecule has 1 aliphatic rings. The van der Waals surface area contributed by atoms with E-state index in [1.165, 1.54) is 0 Å². The maximum absolute atomic E-state index is 12.5. The molecule has 1 heterocycles. The molecule has 1 aliphatic heterocycles. The van der Waals surface area contributed by atoms with Crippen LogP contribution in [0.25, 0.3) is 0 Å². The van der Waals surface area contributed by atoms with E-state index < -0.39 is 41.9 Å². The molecule has 1 saturated heterocycles. The van der Waals surface area contributed by atoms with Crippen LogP contribution in [0.4, 0.5) is 4.79 Å². The van der Waals surface area contributed by atoms with Gasteiger partial charge in [0.15, 0.2) is 6.04 Å². The molecule has 25 heavy (non-hydrogen) atoms. The van der Waals surface area contributed by atoms with Crippen molar-refractivity contribution in [2.24, 2.45) is 0 Å². The van der Waals surface area contributed by atoms with Crippen LogP contribution in [0.1, 0.15) is 38.3 Å². The van der Waals surface area contributed by atoms with Gasteiger partial charge in [-0.05, 0) is 18.4 Å². The Morgan fingerprint density at radius 2 is 1.80 bits per heavy atom. The second-order valence-electron chi connectivity index (χ2n) is 5.86. The molecular formula is C17H21N3O5. The van der Waals surface area contributed by atoms with Crippen LogP contribution in [-0.2, 0) is 14.4 Å². The highest BCUT2D eigenvalue weighted by atomic mass is 16.4. The van der Waals surface area contributed by atoms with Crippen molar-refractivity contribution in [1.82, 2.24) is 15.5 Å². The van der Waals surface area contributed by atoms with Gasteiger partial charge in [-0.2, -0.15) is 0 Å². The van der Waals surface area contributed by atoms with E-state index in [2.05, 4.69) is 10.6 Å². The van der Waals surface area contributed by atoms with Crippen LogP contribution in [0.2, 0.25) is 0 Å². The van der Waals surface area contributed by atoms with Crippen molar-refractivity contribution >= 4 is 23.8 Å². The van der Waals surface area contributed by atoms with Crippen molar-refractivity contribution < 1.29 is 24.3 Å². The number of benzene rings is 1. The van der Waals surface area contributed by atoms with Gasteiger partial charge < -0.3 is 15.7 Å². The highest BCUT2D eigenvalue weighted by Crippen LogP contribution is 2.24. The molecule has 1 atom stereocenters. The van der Waals surface area contributed by atoms with Crippen LogP contribution in [0.15, 0.2) is 30.3 Å². The Kier molecular flexibility index (Phi) is 5.41. The number of amides is 4. The van der Waals surface area contributed by atoms with Crippen LogP contribution in [0.3, 0.4) is 0 Å². The van der Waals surface area contributed by atoms with Crippen molar-refractivity contribution in [3.8, 4) is 0 Å². The fraction of sp³-hybridized carbons (Fsp3) is 0.412. The number of nitrogens with zero attached hydrogens (tertiary/aromatic N) is 1. The lowest BCUT2D eigenvalue weighted by molar-refractivity contribution is -0.142. The number of hydrogen-bond donors (Lipinski definition) is 3. The third-order valence-corrected chi connectivity index (χ3v) is 4.44. The monoisotopic (exact) mass is 347 g/mol. The lowest BCUT2D eigenvalue weighted by atomic mass is 9.93. The van der Waals surface area contributed by atoms with Gasteiger partial charge in [0.05, 0.1) is 0 Å². The van der Waals surface area contributed by atoms with E-state index in [0.29, 0.717) is 18.4 Å². The van der Waals surface area contributed by atoms with E-state index in [1.54, 1.807) is 44.2 Å². The average Bonchev–Trinajstić information content (AvgIpc) is 2.84. The Balaban J connectivity index is 2.10. The van der Waals surface area contributed by atoms with Crippen molar-refractivity contribution in [2.75, 3.05) is 6.54 Å². The van der Waals surface area contributed by atoms with E-state index in [0.717, 1.165) is 4.90 Å². The van der Waals surface area contributed by atoms with E-state index in [-0.39, 0.29) is 0 Å². The highest BCUT2D eigenvalue weighted by molar-refractivity contribution is 6.09. The Hall–Kier alpha value is -2.90. The molecule has 0 bridgehead atoms. The van der Waals surface area contributed by atoms with Crippen molar-refractivity contribution in [3.05, 3.63) is 35.9 Å². The average molecular weight is 347 g/mol. The second-order valence-corrected chi connectivity index (χ2v) is 5.86. The number of rotatable bonds is 7. The Morgan fingerprint density at radius 3 is 2.28 bits per heavy atom. The molecule has 0 unspecified atom stereocenters. The molecule has 1 aromatic carbocycles. The van der Waals surface area contributed by atoms with Gasteiger partial charge in [-0.1, -0.05) is 44.2 Å². The summed E-state index contributed by atoms with van der Waals surface area (Å²) in [7, 11) is 0. The number of carboxylic acids is 1. The zero-order valence-electron chi connectivity index (χ0n) is 14.1. The number of hydrogen-bond acceptors (Lipinski definition) is 4.